The molecular formula is C12H15N3O3. The Balaban J connectivity index is 2.06. The van der Waals surface area contributed by atoms with Gasteiger partial charge < -0.3 is 11.1 Å². The number of carbonyl (C=O) groups excluding carboxylic acids is 1. The zero-order valence-corrected chi connectivity index (χ0v) is 10.1. The molecule has 6 nitrogen and oxygen atoms in total. The van der Waals surface area contributed by atoms with Crippen molar-refractivity contribution < 1.29 is 9.72 Å². The van der Waals surface area contributed by atoms with E-state index in [2.05, 4.69) is 12.2 Å². The Morgan fingerprint density at radius 2 is 2.22 bits per heavy atom. The van der Waals surface area contributed by atoms with Crippen molar-refractivity contribution in [2.24, 2.45) is 5.41 Å². The molecule has 1 aliphatic rings. The number of carbonyl (C=O) groups is 1. The van der Waals surface area contributed by atoms with E-state index in [4.69, 9.17) is 5.73 Å². The molecule has 0 spiro atoms. The molecule has 1 aromatic rings. The third-order valence-electron chi connectivity index (χ3n) is 3.27. The number of nitro benzene ring substituents is 1. The molecule has 1 amide bonds. The highest BCUT2D eigenvalue weighted by Gasteiger charge is 2.37. The van der Waals surface area contributed by atoms with E-state index in [0.29, 0.717) is 12.1 Å². The Morgan fingerprint density at radius 1 is 1.56 bits per heavy atom. The lowest BCUT2D eigenvalue weighted by Crippen LogP contribution is -2.29. The predicted octanol–water partition coefficient (Wildman–Crippen LogP) is 1.71. The van der Waals surface area contributed by atoms with Crippen LogP contribution in [0.4, 0.5) is 11.4 Å². The average molecular weight is 249 g/mol. The van der Waals surface area contributed by atoms with Gasteiger partial charge in [-0.1, -0.05) is 6.92 Å². The number of anilines is 1. The molecule has 0 bridgehead atoms. The van der Waals surface area contributed by atoms with Gasteiger partial charge in [-0.05, 0) is 30.4 Å². The molecular weight excluding hydrogens is 234 g/mol. The van der Waals surface area contributed by atoms with Crippen LogP contribution in [0, 0.1) is 15.5 Å². The van der Waals surface area contributed by atoms with E-state index < -0.39 is 4.92 Å². The maximum absolute atomic E-state index is 11.8. The number of nitrogens with zero attached hydrogens (tertiary/aromatic N) is 1. The minimum absolute atomic E-state index is 0.00489. The summed E-state index contributed by atoms with van der Waals surface area (Å²) in [7, 11) is 0. The second-order valence-corrected chi connectivity index (χ2v) is 5.02. The Labute approximate surface area is 104 Å². The molecule has 18 heavy (non-hydrogen) atoms. The Kier molecular flexibility index (Phi) is 2.94. The maximum atomic E-state index is 11.8. The molecule has 2 rings (SSSR count). The third-order valence-corrected chi connectivity index (χ3v) is 3.27. The molecule has 6 heteroatoms. The van der Waals surface area contributed by atoms with Crippen LogP contribution >= 0.6 is 0 Å². The molecule has 3 N–H and O–H groups in total. The largest absolute Gasteiger partial charge is 0.393 e. The van der Waals surface area contributed by atoms with Gasteiger partial charge in [-0.25, -0.2) is 0 Å². The summed E-state index contributed by atoms with van der Waals surface area (Å²) >= 11 is 0. The van der Waals surface area contributed by atoms with Gasteiger partial charge in [0.05, 0.1) is 4.92 Å². The van der Waals surface area contributed by atoms with Crippen molar-refractivity contribution >= 4 is 17.3 Å². The monoisotopic (exact) mass is 249 g/mol. The molecule has 0 radical (unpaired) electrons. The summed E-state index contributed by atoms with van der Waals surface area (Å²) < 4.78 is 0. The minimum atomic E-state index is -0.567. The number of hydrogen-bond donors (Lipinski definition) is 2. The van der Waals surface area contributed by atoms with Gasteiger partial charge in [0.15, 0.2) is 0 Å². The predicted molar refractivity (Wildman–Crippen MR) is 67.2 cm³/mol. The lowest BCUT2D eigenvalue weighted by atomic mass is 10.1. The third kappa shape index (κ3) is 2.58. The van der Waals surface area contributed by atoms with Gasteiger partial charge in [-0.3, -0.25) is 14.9 Å². The highest BCUT2D eigenvalue weighted by atomic mass is 16.6. The highest BCUT2D eigenvalue weighted by Crippen LogP contribution is 2.44. The number of nitrogens with one attached hydrogen (secondary N) is 1. The summed E-state index contributed by atoms with van der Waals surface area (Å²) in [5, 5.41) is 13.4. The van der Waals surface area contributed by atoms with Gasteiger partial charge in [0.1, 0.15) is 5.69 Å². The van der Waals surface area contributed by atoms with Crippen molar-refractivity contribution in [3.63, 3.8) is 0 Å². The van der Waals surface area contributed by atoms with Crippen LogP contribution in [0.5, 0.6) is 0 Å². The van der Waals surface area contributed by atoms with Crippen LogP contribution in [0.1, 0.15) is 30.1 Å². The van der Waals surface area contributed by atoms with E-state index in [0.717, 1.165) is 12.8 Å². The summed E-state index contributed by atoms with van der Waals surface area (Å²) in [4.78, 5) is 21.8. The first-order valence-electron chi connectivity index (χ1n) is 5.73. The summed E-state index contributed by atoms with van der Waals surface area (Å²) in [5.41, 5.74) is 5.93. The van der Waals surface area contributed by atoms with Crippen molar-refractivity contribution in [2.75, 3.05) is 12.3 Å². The summed E-state index contributed by atoms with van der Waals surface area (Å²) in [5.74, 6) is -0.246. The fourth-order valence-corrected chi connectivity index (χ4v) is 1.65. The quantitative estimate of drug-likeness (QED) is 0.482. The lowest BCUT2D eigenvalue weighted by molar-refractivity contribution is -0.383. The Hall–Kier alpha value is -2.11. The van der Waals surface area contributed by atoms with E-state index in [9.17, 15) is 14.9 Å². The van der Waals surface area contributed by atoms with Gasteiger partial charge in [-0.15, -0.1) is 0 Å². The number of nitrogens with two attached hydrogens (primary N) is 1. The first kappa shape index (κ1) is 12.3. The number of nitro groups is 1. The fourth-order valence-electron chi connectivity index (χ4n) is 1.65. The van der Waals surface area contributed by atoms with E-state index >= 15 is 0 Å². The molecule has 0 unspecified atom stereocenters. The van der Waals surface area contributed by atoms with Gasteiger partial charge >= 0.3 is 0 Å². The fraction of sp³-hybridized carbons (Fsp3) is 0.417. The van der Waals surface area contributed by atoms with E-state index in [-0.39, 0.29) is 22.7 Å². The van der Waals surface area contributed by atoms with Gasteiger partial charge in [-0.2, -0.15) is 0 Å². The van der Waals surface area contributed by atoms with E-state index in [1.165, 1.54) is 18.2 Å². The number of nitrogen functional groups attached to an aromatic ring is 1. The summed E-state index contributed by atoms with van der Waals surface area (Å²) in [6.07, 6.45) is 2.24. The van der Waals surface area contributed by atoms with Gasteiger partial charge in [0, 0.05) is 18.2 Å². The Morgan fingerprint density at radius 3 is 2.72 bits per heavy atom. The van der Waals surface area contributed by atoms with Crippen molar-refractivity contribution in [1.82, 2.24) is 5.32 Å². The smallest absolute Gasteiger partial charge is 0.292 e. The molecule has 1 fully saturated rings. The van der Waals surface area contributed by atoms with E-state index in [1.807, 2.05) is 0 Å². The van der Waals surface area contributed by atoms with Crippen LogP contribution in [0.2, 0.25) is 0 Å². The van der Waals surface area contributed by atoms with Crippen molar-refractivity contribution in [3.05, 3.63) is 33.9 Å². The molecule has 0 aromatic heterocycles. The molecule has 0 saturated heterocycles. The van der Waals surface area contributed by atoms with Crippen LogP contribution in [0.3, 0.4) is 0 Å². The number of amides is 1. The maximum Gasteiger partial charge on any atom is 0.292 e. The summed E-state index contributed by atoms with van der Waals surface area (Å²) in [6, 6.07) is 4.00. The molecule has 0 aliphatic heterocycles. The van der Waals surface area contributed by atoms with E-state index in [1.54, 1.807) is 0 Å². The van der Waals surface area contributed by atoms with Gasteiger partial charge in [0.25, 0.3) is 11.6 Å². The van der Waals surface area contributed by atoms with Crippen molar-refractivity contribution in [3.8, 4) is 0 Å². The van der Waals surface area contributed by atoms with Crippen LogP contribution in [0.25, 0.3) is 0 Å². The molecule has 0 atom stereocenters. The zero-order chi connectivity index (χ0) is 13.3. The first-order valence-corrected chi connectivity index (χ1v) is 5.73. The number of rotatable bonds is 4. The normalized spacial score (nSPS) is 16.1. The standard InChI is InChI=1S/C12H15N3O3/c1-12(4-5-12)7-14-11(16)8-2-3-10(15(17)18)9(13)6-8/h2-3,6H,4-5,7,13H2,1H3,(H,14,16). The molecule has 96 valence electrons. The molecule has 1 saturated carbocycles. The van der Waals surface area contributed by atoms with Crippen LogP contribution < -0.4 is 11.1 Å². The summed E-state index contributed by atoms with van der Waals surface area (Å²) in [6.45, 7) is 2.74. The van der Waals surface area contributed by atoms with Crippen molar-refractivity contribution in [2.45, 2.75) is 19.8 Å². The first-order chi connectivity index (χ1) is 8.41. The topological polar surface area (TPSA) is 98.3 Å². The lowest BCUT2D eigenvalue weighted by Gasteiger charge is -2.10. The highest BCUT2D eigenvalue weighted by molar-refractivity contribution is 5.95. The minimum Gasteiger partial charge on any atom is -0.393 e. The molecule has 1 aliphatic carbocycles. The SMILES string of the molecule is CC1(CNC(=O)c2ccc([N+](=O)[O-])c(N)c2)CC1. The molecule has 0 heterocycles. The number of benzene rings is 1. The second kappa shape index (κ2) is 4.29. The Bertz CT molecular complexity index is 509. The van der Waals surface area contributed by atoms with Gasteiger partial charge in [0.2, 0.25) is 0 Å². The number of hydrogen-bond acceptors (Lipinski definition) is 4. The molecule has 1 aromatic carbocycles. The zero-order valence-electron chi connectivity index (χ0n) is 10.1. The van der Waals surface area contributed by atoms with Crippen LogP contribution in [0.15, 0.2) is 18.2 Å². The average Bonchev–Trinajstić information content (AvgIpc) is 3.04. The van der Waals surface area contributed by atoms with Crippen LogP contribution in [-0.2, 0) is 0 Å². The second-order valence-electron chi connectivity index (χ2n) is 5.02. The van der Waals surface area contributed by atoms with Crippen LogP contribution in [-0.4, -0.2) is 17.4 Å². The van der Waals surface area contributed by atoms with Crippen molar-refractivity contribution in [1.29, 1.82) is 0 Å².